The Labute approximate surface area is 371 Å². The SMILES string of the molecule is CCCC(CC(O)C1OC1(C)C1CCCC1c1cccc(N)c1)C1=C2CCC3C4(C)CC(c5cc(O)cc(CNC)c5)C(=O)C(C)(C)C4C(NCC(C)O)CC3(C)C2(C)CC1=O. The van der Waals surface area contributed by atoms with Crippen LogP contribution in [-0.4, -0.2) is 70.4 Å². The van der Waals surface area contributed by atoms with E-state index in [-0.39, 0.29) is 64.0 Å². The molecule has 0 bridgehead atoms. The second-order valence-corrected chi connectivity index (χ2v) is 22.5. The number of aromatic hydroxyl groups is 1. The Morgan fingerprint density at radius 1 is 0.968 bits per heavy atom. The average molecular weight is 852 g/mol. The molecule has 340 valence electrons. The van der Waals surface area contributed by atoms with Crippen molar-refractivity contribution in [3.05, 3.63) is 70.3 Å². The highest BCUT2D eigenvalue weighted by atomic mass is 16.6. The van der Waals surface area contributed by atoms with Gasteiger partial charge in [-0.25, -0.2) is 0 Å². The molecule has 0 radical (unpaired) electrons. The van der Waals surface area contributed by atoms with Crippen molar-refractivity contribution in [3.63, 3.8) is 0 Å². The summed E-state index contributed by atoms with van der Waals surface area (Å²) in [6.45, 7) is 18.7. The van der Waals surface area contributed by atoms with Gasteiger partial charge in [0, 0.05) is 48.0 Å². The summed E-state index contributed by atoms with van der Waals surface area (Å²) in [4.78, 5) is 29.8. The van der Waals surface area contributed by atoms with Crippen molar-refractivity contribution in [2.45, 2.75) is 174 Å². The van der Waals surface area contributed by atoms with Crippen LogP contribution in [-0.2, 0) is 20.9 Å². The molecule has 6 aliphatic rings. The number of nitrogen functional groups attached to an aromatic ring is 1. The minimum absolute atomic E-state index is 0.00456. The van der Waals surface area contributed by atoms with Crippen molar-refractivity contribution in [1.29, 1.82) is 0 Å². The molecule has 9 nitrogen and oxygen atoms in total. The molecule has 1 aliphatic heterocycles. The largest absolute Gasteiger partial charge is 0.508 e. The molecule has 8 rings (SSSR count). The number of phenols is 1. The third kappa shape index (κ3) is 7.32. The summed E-state index contributed by atoms with van der Waals surface area (Å²) >= 11 is 0. The predicted octanol–water partition coefficient (Wildman–Crippen LogP) is 8.74. The Kier molecular flexibility index (Phi) is 12.0. The van der Waals surface area contributed by atoms with Gasteiger partial charge in [-0.15, -0.1) is 0 Å². The summed E-state index contributed by atoms with van der Waals surface area (Å²) in [5.74, 6) is 1.07. The van der Waals surface area contributed by atoms with Crippen LogP contribution in [0.3, 0.4) is 0 Å². The summed E-state index contributed by atoms with van der Waals surface area (Å²) in [5.41, 5.74) is 10.3. The van der Waals surface area contributed by atoms with Crippen LogP contribution in [0.25, 0.3) is 0 Å². The van der Waals surface area contributed by atoms with Gasteiger partial charge < -0.3 is 36.4 Å². The fraction of sp³-hybridized carbons (Fsp3) is 0.698. The average Bonchev–Trinajstić information content (AvgIpc) is 3.50. The van der Waals surface area contributed by atoms with E-state index in [2.05, 4.69) is 77.3 Å². The molecule has 62 heavy (non-hydrogen) atoms. The fourth-order valence-electron chi connectivity index (χ4n) is 15.8. The number of aliphatic hydroxyl groups excluding tert-OH is 2. The van der Waals surface area contributed by atoms with E-state index in [0.717, 1.165) is 73.8 Å². The van der Waals surface area contributed by atoms with Gasteiger partial charge in [-0.2, -0.15) is 0 Å². The van der Waals surface area contributed by atoms with Crippen molar-refractivity contribution in [2.24, 2.45) is 45.3 Å². The minimum atomic E-state index is -0.688. The van der Waals surface area contributed by atoms with E-state index in [4.69, 9.17) is 10.5 Å². The molecule has 0 spiro atoms. The van der Waals surface area contributed by atoms with Crippen molar-refractivity contribution in [1.82, 2.24) is 10.6 Å². The van der Waals surface area contributed by atoms with Gasteiger partial charge in [0.25, 0.3) is 0 Å². The molecule has 2 aromatic carbocycles. The lowest BCUT2D eigenvalue weighted by atomic mass is 9.34. The number of Topliss-reactive ketones (excluding diaryl/α,β-unsaturated/α-hetero) is 2. The monoisotopic (exact) mass is 852 g/mol. The van der Waals surface area contributed by atoms with Crippen molar-refractivity contribution in [3.8, 4) is 5.75 Å². The number of ether oxygens (including phenoxy) is 1. The first-order valence-electron chi connectivity index (χ1n) is 24.1. The van der Waals surface area contributed by atoms with Gasteiger partial charge >= 0.3 is 0 Å². The zero-order valence-electron chi connectivity index (χ0n) is 39.2. The highest BCUT2D eigenvalue weighted by molar-refractivity contribution is 6.00. The maximum absolute atomic E-state index is 14.9. The molecule has 2 aromatic rings. The van der Waals surface area contributed by atoms with Crippen LogP contribution in [0.1, 0.15) is 155 Å². The zero-order valence-corrected chi connectivity index (χ0v) is 39.2. The number of rotatable bonds is 14. The molecule has 14 unspecified atom stereocenters. The topological polar surface area (TPSA) is 157 Å². The first-order chi connectivity index (χ1) is 29.2. The molecular formula is C53H77N3O6. The Morgan fingerprint density at radius 2 is 1.73 bits per heavy atom. The van der Waals surface area contributed by atoms with E-state index >= 15 is 0 Å². The number of fused-ring (bicyclic) bond motifs is 5. The number of aliphatic hydroxyl groups is 2. The van der Waals surface area contributed by atoms with Gasteiger partial charge in [-0.3, -0.25) is 9.59 Å². The standard InChI is InChI=1S/C53H77N3O6/c1-10-13-33(24-42(59)48-53(8,62-48)39-17-12-16-37(39)32-14-11-15-35(54)22-32)45-40-18-19-44-50(5)25-38(34-20-31(29-55-9)21-36(58)23-34)47(61)49(3,4)46(50)41(56-28-30(2)57)26-52(44,7)51(40,6)27-43(45)60/h11,14-15,20-23,30,33,37-39,41-42,44,46,48,55-59H,10,12-13,16-19,24-29,54H2,1-9H3. The molecule has 1 saturated heterocycles. The van der Waals surface area contributed by atoms with E-state index in [1.54, 1.807) is 12.1 Å². The van der Waals surface area contributed by atoms with E-state index in [9.17, 15) is 24.9 Å². The van der Waals surface area contributed by atoms with Gasteiger partial charge in [-0.05, 0) is 159 Å². The number of allylic oxidation sites excluding steroid dienone is 2. The molecule has 0 amide bonds. The second-order valence-electron chi connectivity index (χ2n) is 22.5. The van der Waals surface area contributed by atoms with Crippen LogP contribution in [0.2, 0.25) is 0 Å². The number of carbonyl (C=O) groups is 2. The molecule has 14 atom stereocenters. The summed E-state index contributed by atoms with van der Waals surface area (Å²) in [7, 11) is 1.89. The number of benzene rings is 2. The van der Waals surface area contributed by atoms with Gasteiger partial charge in [0.15, 0.2) is 5.78 Å². The molecule has 9 heteroatoms. The fourth-order valence-corrected chi connectivity index (χ4v) is 15.8. The first kappa shape index (κ1) is 45.5. The van der Waals surface area contributed by atoms with Gasteiger partial charge in [0.1, 0.15) is 17.6 Å². The lowest BCUT2D eigenvalue weighted by molar-refractivity contribution is -0.193. The van der Waals surface area contributed by atoms with E-state index in [0.29, 0.717) is 44.2 Å². The third-order valence-electron chi connectivity index (χ3n) is 18.3. The summed E-state index contributed by atoms with van der Waals surface area (Å²) in [6, 6.07) is 13.9. The van der Waals surface area contributed by atoms with Crippen LogP contribution in [0, 0.1) is 45.3 Å². The Hall–Kier alpha value is -3.08. The minimum Gasteiger partial charge on any atom is -0.508 e. The summed E-state index contributed by atoms with van der Waals surface area (Å²) in [6.07, 6.45) is 7.75. The normalized spacial score (nSPS) is 38.9. The third-order valence-corrected chi connectivity index (χ3v) is 18.3. The Bertz CT molecular complexity index is 2080. The molecular weight excluding hydrogens is 775 g/mol. The highest BCUT2D eigenvalue weighted by Gasteiger charge is 2.71. The number of nitrogens with one attached hydrogen (secondary N) is 2. The number of nitrogens with two attached hydrogens (primary N) is 1. The van der Waals surface area contributed by atoms with Crippen LogP contribution < -0.4 is 16.4 Å². The van der Waals surface area contributed by atoms with E-state index in [1.165, 1.54) is 11.1 Å². The number of hydrogen-bond acceptors (Lipinski definition) is 9. The first-order valence-corrected chi connectivity index (χ1v) is 24.1. The number of carbonyl (C=O) groups excluding carboxylic acids is 2. The van der Waals surface area contributed by atoms with Gasteiger partial charge in [0.2, 0.25) is 0 Å². The molecule has 5 fully saturated rings. The number of phenolic OH excluding ortho intramolecular Hbond substituents is 1. The van der Waals surface area contributed by atoms with Crippen LogP contribution in [0.15, 0.2) is 53.6 Å². The quantitative estimate of drug-likeness (QED) is 0.0808. The smallest absolute Gasteiger partial charge is 0.160 e. The number of hydrogen-bond donors (Lipinski definition) is 6. The molecule has 4 saturated carbocycles. The predicted molar refractivity (Wildman–Crippen MR) is 246 cm³/mol. The van der Waals surface area contributed by atoms with E-state index < -0.39 is 28.6 Å². The van der Waals surface area contributed by atoms with Crippen molar-refractivity contribution in [2.75, 3.05) is 19.3 Å². The summed E-state index contributed by atoms with van der Waals surface area (Å²) < 4.78 is 6.57. The van der Waals surface area contributed by atoms with Crippen molar-refractivity contribution < 1.29 is 29.6 Å². The van der Waals surface area contributed by atoms with Crippen molar-refractivity contribution >= 4 is 17.3 Å². The Balaban J connectivity index is 1.12. The van der Waals surface area contributed by atoms with Crippen LogP contribution in [0.5, 0.6) is 5.75 Å². The van der Waals surface area contributed by atoms with Gasteiger partial charge in [0.05, 0.1) is 17.8 Å². The lowest BCUT2D eigenvalue weighted by Crippen LogP contribution is -2.69. The molecule has 7 N–H and O–H groups in total. The zero-order chi connectivity index (χ0) is 44.7. The second kappa shape index (κ2) is 16.4. The molecule has 5 aliphatic carbocycles. The van der Waals surface area contributed by atoms with E-state index in [1.807, 2.05) is 26.1 Å². The number of ketones is 2. The molecule has 0 aromatic heterocycles. The highest BCUT2D eigenvalue weighted by Crippen LogP contribution is 2.75. The maximum atomic E-state index is 14.9. The molecule has 1 heterocycles. The maximum Gasteiger partial charge on any atom is 0.160 e. The Morgan fingerprint density at radius 3 is 2.42 bits per heavy atom. The van der Waals surface area contributed by atoms with Crippen LogP contribution >= 0.6 is 0 Å². The summed E-state index contributed by atoms with van der Waals surface area (Å²) in [5, 5.41) is 40.7. The lowest BCUT2D eigenvalue weighted by Gasteiger charge is -2.70. The number of anilines is 1. The number of epoxide rings is 1. The van der Waals surface area contributed by atoms with Crippen LogP contribution in [0.4, 0.5) is 5.69 Å². The van der Waals surface area contributed by atoms with Gasteiger partial charge in [-0.1, -0.05) is 78.2 Å².